The Hall–Kier alpha value is -1.50. The van der Waals surface area contributed by atoms with Gasteiger partial charge in [0.1, 0.15) is 5.60 Å². The number of rotatable bonds is 7. The van der Waals surface area contributed by atoms with Gasteiger partial charge in [-0.05, 0) is 46.5 Å². The van der Waals surface area contributed by atoms with Gasteiger partial charge in [0.15, 0.2) is 5.96 Å². The second-order valence-corrected chi connectivity index (χ2v) is 8.08. The van der Waals surface area contributed by atoms with Crippen LogP contribution in [0.4, 0.5) is 4.79 Å². The molecule has 7 nitrogen and oxygen atoms in total. The third kappa shape index (κ3) is 8.25. The van der Waals surface area contributed by atoms with E-state index in [1.54, 1.807) is 7.05 Å². The third-order valence-corrected chi connectivity index (χ3v) is 4.26. The lowest BCUT2D eigenvalue weighted by molar-refractivity contribution is 0.0257. The van der Waals surface area contributed by atoms with E-state index in [9.17, 15) is 4.79 Å². The summed E-state index contributed by atoms with van der Waals surface area (Å²) in [4.78, 5) is 18.5. The Morgan fingerprint density at radius 1 is 1.35 bits per heavy atom. The highest BCUT2D eigenvalue weighted by Gasteiger charge is 2.27. The van der Waals surface area contributed by atoms with Crippen LogP contribution < -0.4 is 10.6 Å². The van der Waals surface area contributed by atoms with Gasteiger partial charge in [-0.15, -0.1) is 0 Å². The average Bonchev–Trinajstić information content (AvgIpc) is 2.96. The summed E-state index contributed by atoms with van der Waals surface area (Å²) in [6.45, 7) is 15.1. The number of carbonyl (C=O) groups excluding carboxylic acids is 1. The molecule has 2 unspecified atom stereocenters. The summed E-state index contributed by atoms with van der Waals surface area (Å²) in [5.74, 6) is 1.37. The summed E-state index contributed by atoms with van der Waals surface area (Å²) in [5, 5.41) is 6.36. The number of likely N-dealkylation sites (tertiary alicyclic amines) is 1. The molecule has 2 atom stereocenters. The van der Waals surface area contributed by atoms with E-state index >= 15 is 0 Å². The van der Waals surface area contributed by atoms with Gasteiger partial charge in [-0.25, -0.2) is 4.79 Å². The maximum Gasteiger partial charge on any atom is 0.407 e. The molecular weight excluding hydrogens is 332 g/mol. The fourth-order valence-electron chi connectivity index (χ4n) is 3.03. The highest BCUT2D eigenvalue weighted by molar-refractivity contribution is 5.80. The molecule has 0 aromatic rings. The molecule has 26 heavy (non-hydrogen) atoms. The van der Waals surface area contributed by atoms with E-state index in [0.29, 0.717) is 5.92 Å². The molecule has 1 aliphatic heterocycles. The van der Waals surface area contributed by atoms with Gasteiger partial charge in [0, 0.05) is 33.3 Å². The lowest BCUT2D eigenvalue weighted by Gasteiger charge is -2.25. The van der Waals surface area contributed by atoms with E-state index in [1.165, 1.54) is 0 Å². The first-order valence-corrected chi connectivity index (χ1v) is 9.73. The molecule has 1 heterocycles. The van der Waals surface area contributed by atoms with E-state index in [1.807, 2.05) is 27.7 Å². The van der Waals surface area contributed by atoms with E-state index < -0.39 is 5.60 Å². The number of nitrogens with zero attached hydrogens (tertiary/aromatic N) is 2. The predicted octanol–water partition coefficient (Wildman–Crippen LogP) is 2.61. The first-order valence-electron chi connectivity index (χ1n) is 9.73. The highest BCUT2D eigenvalue weighted by Crippen LogP contribution is 2.13. The van der Waals surface area contributed by atoms with E-state index in [2.05, 4.69) is 34.4 Å². The molecule has 0 bridgehead atoms. The predicted molar refractivity (Wildman–Crippen MR) is 106 cm³/mol. The Balaban J connectivity index is 2.41. The zero-order chi connectivity index (χ0) is 19.7. The van der Waals surface area contributed by atoms with Crippen molar-refractivity contribution in [3.63, 3.8) is 0 Å². The molecule has 2 N–H and O–H groups in total. The van der Waals surface area contributed by atoms with Crippen LogP contribution in [0.25, 0.3) is 0 Å². The fraction of sp³-hybridized carbons (Fsp3) is 0.895. The molecular formula is C19H38N4O3. The number of alkyl carbamates (subject to hydrolysis) is 1. The van der Waals surface area contributed by atoms with Crippen molar-refractivity contribution in [2.75, 3.05) is 33.3 Å². The molecule has 152 valence electrons. The van der Waals surface area contributed by atoms with Crippen LogP contribution in [0.3, 0.4) is 0 Å². The lowest BCUT2D eigenvalue weighted by Crippen LogP contribution is -2.44. The van der Waals surface area contributed by atoms with Crippen molar-refractivity contribution in [2.24, 2.45) is 10.9 Å². The quantitative estimate of drug-likeness (QED) is 0.532. The van der Waals surface area contributed by atoms with Gasteiger partial charge in [-0.1, -0.05) is 13.8 Å². The molecule has 1 saturated heterocycles. The van der Waals surface area contributed by atoms with Gasteiger partial charge in [-0.3, -0.25) is 4.99 Å². The number of amides is 1. The molecule has 0 aliphatic carbocycles. The summed E-state index contributed by atoms with van der Waals surface area (Å²) < 4.78 is 11.1. The smallest absolute Gasteiger partial charge is 0.407 e. The van der Waals surface area contributed by atoms with Crippen molar-refractivity contribution in [1.82, 2.24) is 15.5 Å². The third-order valence-electron chi connectivity index (χ3n) is 4.26. The van der Waals surface area contributed by atoms with Gasteiger partial charge in [-0.2, -0.15) is 0 Å². The molecule has 1 fully saturated rings. The minimum absolute atomic E-state index is 0.0789. The van der Waals surface area contributed by atoms with Crippen LogP contribution >= 0.6 is 0 Å². The Labute approximate surface area is 158 Å². The SMILES string of the molecule is CCOC(CCNC(=NC)N1CCC(NC(=O)OC(C)(C)C)C1)C(C)C. The molecule has 0 radical (unpaired) electrons. The Kier molecular flexibility index (Phi) is 9.19. The lowest BCUT2D eigenvalue weighted by atomic mass is 10.0. The van der Waals surface area contributed by atoms with Gasteiger partial charge < -0.3 is 25.0 Å². The van der Waals surface area contributed by atoms with Crippen LogP contribution in [0.5, 0.6) is 0 Å². The van der Waals surface area contributed by atoms with Gasteiger partial charge >= 0.3 is 6.09 Å². The number of hydrogen-bond acceptors (Lipinski definition) is 4. The fourth-order valence-corrected chi connectivity index (χ4v) is 3.03. The first-order chi connectivity index (χ1) is 12.2. The van der Waals surface area contributed by atoms with Crippen LogP contribution in [-0.2, 0) is 9.47 Å². The van der Waals surface area contributed by atoms with Crippen LogP contribution in [-0.4, -0.2) is 68.0 Å². The minimum Gasteiger partial charge on any atom is -0.444 e. The summed E-state index contributed by atoms with van der Waals surface area (Å²) in [7, 11) is 1.79. The highest BCUT2D eigenvalue weighted by atomic mass is 16.6. The number of nitrogens with one attached hydrogen (secondary N) is 2. The van der Waals surface area contributed by atoms with Crippen LogP contribution in [0.1, 0.15) is 54.4 Å². The second-order valence-electron chi connectivity index (χ2n) is 8.08. The Bertz CT molecular complexity index is 460. The number of guanidine groups is 1. The van der Waals surface area contributed by atoms with E-state index in [-0.39, 0.29) is 18.2 Å². The van der Waals surface area contributed by atoms with Gasteiger partial charge in [0.25, 0.3) is 0 Å². The molecule has 0 aromatic carbocycles. The Morgan fingerprint density at radius 2 is 2.04 bits per heavy atom. The van der Waals surface area contributed by atoms with Crippen molar-refractivity contribution >= 4 is 12.1 Å². The van der Waals surface area contributed by atoms with Crippen molar-refractivity contribution < 1.29 is 14.3 Å². The van der Waals surface area contributed by atoms with Gasteiger partial charge in [0.05, 0.1) is 12.1 Å². The average molecular weight is 371 g/mol. The maximum absolute atomic E-state index is 11.9. The number of hydrogen-bond donors (Lipinski definition) is 2. The number of ether oxygens (including phenoxy) is 2. The zero-order valence-electron chi connectivity index (χ0n) is 17.6. The van der Waals surface area contributed by atoms with E-state index in [0.717, 1.165) is 45.0 Å². The Morgan fingerprint density at radius 3 is 2.58 bits per heavy atom. The zero-order valence-corrected chi connectivity index (χ0v) is 17.6. The van der Waals surface area contributed by atoms with Crippen molar-refractivity contribution in [1.29, 1.82) is 0 Å². The summed E-state index contributed by atoms with van der Waals surface area (Å²) in [6.07, 6.45) is 1.72. The minimum atomic E-state index is -0.479. The largest absolute Gasteiger partial charge is 0.444 e. The van der Waals surface area contributed by atoms with Crippen molar-refractivity contribution in [3.8, 4) is 0 Å². The normalized spacial score (nSPS) is 19.6. The van der Waals surface area contributed by atoms with Crippen LogP contribution in [0.15, 0.2) is 4.99 Å². The standard InChI is InChI=1S/C19H38N4O3/c1-8-25-16(14(2)3)9-11-21-17(20-7)23-12-10-15(13-23)22-18(24)26-19(4,5)6/h14-16H,8-13H2,1-7H3,(H,20,21)(H,22,24). The van der Waals surface area contributed by atoms with Crippen LogP contribution in [0.2, 0.25) is 0 Å². The monoisotopic (exact) mass is 370 g/mol. The number of aliphatic imine (C=N–C) groups is 1. The first kappa shape index (κ1) is 22.5. The molecule has 1 amide bonds. The van der Waals surface area contributed by atoms with Crippen molar-refractivity contribution in [2.45, 2.75) is 72.1 Å². The molecule has 0 spiro atoms. The molecule has 1 rings (SSSR count). The molecule has 0 saturated carbocycles. The number of carbonyl (C=O) groups is 1. The van der Waals surface area contributed by atoms with Gasteiger partial charge in [0.2, 0.25) is 0 Å². The second kappa shape index (κ2) is 10.6. The van der Waals surface area contributed by atoms with Crippen molar-refractivity contribution in [3.05, 3.63) is 0 Å². The molecule has 0 aromatic heterocycles. The summed E-state index contributed by atoms with van der Waals surface area (Å²) in [5.41, 5.74) is -0.479. The summed E-state index contributed by atoms with van der Waals surface area (Å²) in [6, 6.07) is 0.0789. The molecule has 7 heteroatoms. The van der Waals surface area contributed by atoms with Crippen LogP contribution in [0, 0.1) is 5.92 Å². The topological polar surface area (TPSA) is 75.2 Å². The van der Waals surface area contributed by atoms with E-state index in [4.69, 9.17) is 9.47 Å². The summed E-state index contributed by atoms with van der Waals surface area (Å²) >= 11 is 0. The molecule has 1 aliphatic rings. The maximum atomic E-state index is 11.9.